The van der Waals surface area contributed by atoms with Crippen molar-refractivity contribution in [3.63, 3.8) is 0 Å². The van der Waals surface area contributed by atoms with Crippen LogP contribution in [0.2, 0.25) is 0 Å². The lowest BCUT2D eigenvalue weighted by atomic mass is 9.91. The Balaban J connectivity index is 1.48. The highest BCUT2D eigenvalue weighted by Crippen LogP contribution is 2.37. The van der Waals surface area contributed by atoms with Gasteiger partial charge in [-0.2, -0.15) is 13.5 Å². The SMILES string of the molecule is [C-]#[N+]c1cc(-c2cc(F)c3c(c2CC(=O)NS(=O)(=O)c2cc(C4(OC)COC4)n(C(C)C)n2)CCC3)ccn1. The van der Waals surface area contributed by atoms with E-state index in [-0.39, 0.29) is 42.3 Å². The van der Waals surface area contributed by atoms with E-state index >= 15 is 0 Å². The highest BCUT2D eigenvalue weighted by molar-refractivity contribution is 7.90. The summed E-state index contributed by atoms with van der Waals surface area (Å²) in [6.07, 6.45) is 3.00. The number of sulfonamides is 1. The van der Waals surface area contributed by atoms with E-state index in [1.165, 1.54) is 31.5 Å². The fourth-order valence-electron chi connectivity index (χ4n) is 5.20. The fourth-order valence-corrected chi connectivity index (χ4v) is 6.14. The van der Waals surface area contributed by atoms with Gasteiger partial charge in [-0.3, -0.25) is 9.48 Å². The van der Waals surface area contributed by atoms with E-state index in [9.17, 15) is 17.6 Å². The lowest BCUT2D eigenvalue weighted by Crippen LogP contribution is -2.49. The number of carbonyl (C=O) groups excluding carboxylic acids is 1. The van der Waals surface area contributed by atoms with Crippen LogP contribution in [0, 0.1) is 12.4 Å². The van der Waals surface area contributed by atoms with Gasteiger partial charge in [0.05, 0.1) is 25.3 Å². The molecule has 0 radical (unpaired) electrons. The minimum atomic E-state index is -4.33. The Hall–Kier alpha value is -3.66. The van der Waals surface area contributed by atoms with Crippen LogP contribution in [-0.4, -0.2) is 49.4 Å². The van der Waals surface area contributed by atoms with Gasteiger partial charge in [-0.05, 0) is 79.1 Å². The van der Waals surface area contributed by atoms with Crippen LogP contribution in [0.4, 0.5) is 10.2 Å². The molecule has 2 aliphatic rings. The first-order valence-electron chi connectivity index (χ1n) is 12.5. The number of hydrogen-bond donors (Lipinski definition) is 1. The third-order valence-corrected chi connectivity index (χ3v) is 8.48. The Morgan fingerprint density at radius 3 is 2.67 bits per heavy atom. The number of halogens is 1. The standard InChI is InChI=1S/C27H28FN5O5S/c1-16(2)33-23(27(37-4)14-38-15-27)13-26(31-33)39(35,36)32-25(34)12-21-18-6-5-7-19(18)22(28)11-20(21)17-8-9-30-24(10-17)29-3/h8-11,13,16H,5-7,12,14-15H2,1-2,4H3,(H,32,34). The van der Waals surface area contributed by atoms with E-state index < -0.39 is 21.5 Å². The van der Waals surface area contributed by atoms with E-state index in [0.717, 1.165) is 6.42 Å². The molecule has 204 valence electrons. The Kier molecular flexibility index (Phi) is 7.00. The number of amides is 1. The smallest absolute Gasteiger partial charge is 0.283 e. The molecule has 1 amide bonds. The summed E-state index contributed by atoms with van der Waals surface area (Å²) in [5.74, 6) is -1.02. The van der Waals surface area contributed by atoms with Crippen LogP contribution in [0.3, 0.4) is 0 Å². The summed E-state index contributed by atoms with van der Waals surface area (Å²) in [7, 11) is -2.80. The molecule has 0 unspecified atom stereocenters. The zero-order chi connectivity index (χ0) is 27.9. The topological polar surface area (TPSA) is 117 Å². The van der Waals surface area contributed by atoms with Crippen LogP contribution in [0.1, 0.15) is 48.7 Å². The molecule has 3 heterocycles. The van der Waals surface area contributed by atoms with Gasteiger partial charge in [0.25, 0.3) is 15.8 Å². The second-order valence-electron chi connectivity index (χ2n) is 10.0. The summed E-state index contributed by atoms with van der Waals surface area (Å²) in [5.41, 5.74) is 2.49. The number of pyridine rings is 1. The minimum absolute atomic E-state index is 0.133. The maximum absolute atomic E-state index is 15.0. The molecule has 1 N–H and O–H groups in total. The summed E-state index contributed by atoms with van der Waals surface area (Å²) < 4.78 is 56.2. The second-order valence-corrected chi connectivity index (χ2v) is 11.6. The number of benzene rings is 1. The van der Waals surface area contributed by atoms with Crippen molar-refractivity contribution in [1.29, 1.82) is 0 Å². The largest absolute Gasteiger partial charge is 0.374 e. The molecule has 0 bridgehead atoms. The zero-order valence-electron chi connectivity index (χ0n) is 21.8. The van der Waals surface area contributed by atoms with E-state index in [1.54, 1.807) is 10.7 Å². The average molecular weight is 554 g/mol. The number of ether oxygens (including phenoxy) is 2. The summed E-state index contributed by atoms with van der Waals surface area (Å²) in [6, 6.07) is 5.75. The van der Waals surface area contributed by atoms with Crippen LogP contribution in [0.15, 0.2) is 35.5 Å². The van der Waals surface area contributed by atoms with Gasteiger partial charge >= 0.3 is 0 Å². The van der Waals surface area contributed by atoms with Crippen molar-refractivity contribution in [1.82, 2.24) is 19.5 Å². The predicted molar refractivity (Wildman–Crippen MR) is 139 cm³/mol. The average Bonchev–Trinajstić information content (AvgIpc) is 3.54. The van der Waals surface area contributed by atoms with Crippen molar-refractivity contribution in [2.75, 3.05) is 20.3 Å². The van der Waals surface area contributed by atoms with Gasteiger partial charge < -0.3 is 14.3 Å². The van der Waals surface area contributed by atoms with Crippen LogP contribution < -0.4 is 4.72 Å². The minimum Gasteiger partial charge on any atom is -0.374 e. The third-order valence-electron chi connectivity index (χ3n) is 7.23. The molecular formula is C27H28FN5O5S. The molecule has 0 atom stereocenters. The van der Waals surface area contributed by atoms with Crippen molar-refractivity contribution in [3.8, 4) is 11.1 Å². The molecule has 5 rings (SSSR count). The Bertz CT molecular complexity index is 1600. The van der Waals surface area contributed by atoms with Crippen molar-refractivity contribution < 1.29 is 27.1 Å². The van der Waals surface area contributed by atoms with Crippen LogP contribution >= 0.6 is 0 Å². The van der Waals surface area contributed by atoms with Crippen LogP contribution in [0.5, 0.6) is 0 Å². The summed E-state index contributed by atoms with van der Waals surface area (Å²) in [5, 5.41) is 3.98. The maximum Gasteiger partial charge on any atom is 0.283 e. The molecule has 39 heavy (non-hydrogen) atoms. The molecule has 10 nitrogen and oxygen atoms in total. The first kappa shape index (κ1) is 26.9. The zero-order valence-corrected chi connectivity index (χ0v) is 22.6. The number of fused-ring (bicyclic) bond motifs is 1. The molecular weight excluding hydrogens is 525 g/mol. The van der Waals surface area contributed by atoms with E-state index in [1.807, 2.05) is 13.8 Å². The summed E-state index contributed by atoms with van der Waals surface area (Å²) >= 11 is 0. The number of nitrogens with zero attached hydrogens (tertiary/aromatic N) is 4. The molecule has 1 aliphatic carbocycles. The number of rotatable bonds is 8. The van der Waals surface area contributed by atoms with Gasteiger partial charge in [0.2, 0.25) is 5.91 Å². The molecule has 12 heteroatoms. The Morgan fingerprint density at radius 2 is 2.03 bits per heavy atom. The third kappa shape index (κ3) is 4.82. The number of carbonyl (C=O) groups is 1. The van der Waals surface area contributed by atoms with Crippen molar-refractivity contribution >= 4 is 21.7 Å². The number of nitrogens with one attached hydrogen (secondary N) is 1. The molecule has 1 aromatic carbocycles. The van der Waals surface area contributed by atoms with Gasteiger partial charge in [-0.25, -0.2) is 9.11 Å². The number of aromatic nitrogens is 3. The van der Waals surface area contributed by atoms with Gasteiger partial charge in [0.1, 0.15) is 12.0 Å². The maximum atomic E-state index is 15.0. The molecule has 3 aromatic rings. The van der Waals surface area contributed by atoms with Gasteiger partial charge in [0, 0.05) is 19.2 Å². The van der Waals surface area contributed by atoms with E-state index in [0.29, 0.717) is 46.4 Å². The summed E-state index contributed by atoms with van der Waals surface area (Å²) in [4.78, 5) is 20.5. The number of methoxy groups -OCH3 is 1. The molecule has 2 aromatic heterocycles. The fraction of sp³-hybridized carbons (Fsp3) is 0.407. The quantitative estimate of drug-likeness (QED) is 0.424. The Morgan fingerprint density at radius 1 is 1.28 bits per heavy atom. The summed E-state index contributed by atoms with van der Waals surface area (Å²) in [6.45, 7) is 11.5. The van der Waals surface area contributed by atoms with Crippen LogP contribution in [0.25, 0.3) is 16.0 Å². The second kappa shape index (κ2) is 10.1. The van der Waals surface area contributed by atoms with Gasteiger partial charge in [0.15, 0.2) is 10.6 Å². The molecule has 0 spiro atoms. The number of hydrogen-bond acceptors (Lipinski definition) is 7. The first-order chi connectivity index (χ1) is 18.6. The van der Waals surface area contributed by atoms with Crippen molar-refractivity contribution in [2.45, 2.75) is 56.2 Å². The highest BCUT2D eigenvalue weighted by Gasteiger charge is 2.45. The van der Waals surface area contributed by atoms with Crippen LogP contribution in [-0.2, 0) is 49.2 Å². The normalized spacial score (nSPS) is 16.0. The monoisotopic (exact) mass is 553 g/mol. The van der Waals surface area contributed by atoms with Crippen molar-refractivity contribution in [3.05, 3.63) is 70.1 Å². The lowest BCUT2D eigenvalue weighted by Gasteiger charge is -2.40. The van der Waals surface area contributed by atoms with E-state index in [2.05, 4.69) is 19.6 Å². The van der Waals surface area contributed by atoms with Gasteiger partial charge in [-0.1, -0.05) is 6.57 Å². The molecule has 1 fully saturated rings. The highest BCUT2D eigenvalue weighted by atomic mass is 32.2. The van der Waals surface area contributed by atoms with Crippen molar-refractivity contribution in [2.24, 2.45) is 0 Å². The molecule has 0 saturated carbocycles. The van der Waals surface area contributed by atoms with Gasteiger partial charge in [-0.15, -0.1) is 4.98 Å². The lowest BCUT2D eigenvalue weighted by molar-refractivity contribution is -0.206. The Labute approximate surface area is 226 Å². The predicted octanol–water partition coefficient (Wildman–Crippen LogP) is 3.62. The molecule has 1 saturated heterocycles. The van der Waals surface area contributed by atoms with E-state index in [4.69, 9.17) is 16.0 Å². The molecule has 1 aliphatic heterocycles. The first-order valence-corrected chi connectivity index (χ1v) is 14.0.